The number of carbonyl (C=O) groups excluding carboxylic acids is 5. The molecule has 4 rings (SSSR count). The van der Waals surface area contributed by atoms with Crippen molar-refractivity contribution in [1.82, 2.24) is 0 Å². The molecule has 0 bridgehead atoms. The number of ketones is 4. The fourth-order valence-corrected chi connectivity index (χ4v) is 5.23. The van der Waals surface area contributed by atoms with Crippen LogP contribution in [0.25, 0.3) is 0 Å². The summed E-state index contributed by atoms with van der Waals surface area (Å²) in [6.07, 6.45) is -0.633. The van der Waals surface area contributed by atoms with Crippen LogP contribution in [0.2, 0.25) is 0 Å². The fraction of sp³-hybridized carbons (Fsp3) is 0.450. The predicted molar refractivity (Wildman–Crippen MR) is 94.4 cm³/mol. The van der Waals surface area contributed by atoms with E-state index in [0.717, 1.165) is 0 Å². The van der Waals surface area contributed by atoms with Gasteiger partial charge in [0.15, 0.2) is 34.7 Å². The van der Waals surface area contributed by atoms with Crippen LogP contribution >= 0.6 is 0 Å². The molecular weight excluding hydrogens is 382 g/mol. The van der Waals surface area contributed by atoms with Crippen molar-refractivity contribution in [3.63, 3.8) is 0 Å². The molecule has 5 N–H and O–H groups in total. The van der Waals surface area contributed by atoms with Crippen LogP contribution in [0, 0.1) is 23.7 Å². The number of hydrogen-bond acceptors (Lipinski definition) is 8. The van der Waals surface area contributed by atoms with Gasteiger partial charge in [-0.15, -0.1) is 0 Å². The highest BCUT2D eigenvalue weighted by Crippen LogP contribution is 2.55. The van der Waals surface area contributed by atoms with Gasteiger partial charge in [-0.2, -0.15) is 0 Å². The van der Waals surface area contributed by atoms with Crippen LogP contribution in [0.4, 0.5) is 0 Å². The van der Waals surface area contributed by atoms with Crippen LogP contribution in [0.3, 0.4) is 0 Å². The van der Waals surface area contributed by atoms with Gasteiger partial charge in [0.05, 0.1) is 17.1 Å². The molecule has 9 heteroatoms. The van der Waals surface area contributed by atoms with Gasteiger partial charge in [0.25, 0.3) is 0 Å². The van der Waals surface area contributed by atoms with E-state index in [1.165, 1.54) is 25.1 Å². The minimum atomic E-state index is -2.73. The number of amides is 1. The maximum Gasteiger partial charge on any atom is 0.235 e. The number of hydrogen-bond donors (Lipinski definition) is 4. The molecule has 3 unspecified atom stereocenters. The topological polar surface area (TPSA) is 172 Å². The second-order valence-corrected chi connectivity index (χ2v) is 8.23. The van der Waals surface area contributed by atoms with Crippen LogP contribution in [0.1, 0.15) is 35.7 Å². The number of aromatic hydroxyl groups is 1. The summed E-state index contributed by atoms with van der Waals surface area (Å²) in [6, 6.07) is 4.13. The lowest BCUT2D eigenvalue weighted by Crippen LogP contribution is -2.69. The molecule has 1 amide bonds. The van der Waals surface area contributed by atoms with Crippen LogP contribution in [0.15, 0.2) is 18.2 Å². The summed E-state index contributed by atoms with van der Waals surface area (Å²) in [5.74, 6) is -11.6. The van der Waals surface area contributed by atoms with Gasteiger partial charge in [-0.05, 0) is 25.0 Å². The van der Waals surface area contributed by atoms with Crippen molar-refractivity contribution in [2.75, 3.05) is 0 Å². The molecule has 6 atom stereocenters. The first-order valence-electron chi connectivity index (χ1n) is 9.16. The van der Waals surface area contributed by atoms with E-state index in [9.17, 15) is 39.3 Å². The minimum Gasteiger partial charge on any atom is -0.507 e. The summed E-state index contributed by atoms with van der Waals surface area (Å²) in [5, 5.41) is 32.4. The van der Waals surface area contributed by atoms with E-state index in [1.54, 1.807) is 0 Å². The Morgan fingerprint density at radius 1 is 1.14 bits per heavy atom. The number of benzene rings is 1. The van der Waals surface area contributed by atoms with Crippen molar-refractivity contribution in [1.29, 1.82) is 0 Å². The van der Waals surface area contributed by atoms with Crippen molar-refractivity contribution in [3.05, 3.63) is 29.3 Å². The van der Waals surface area contributed by atoms with Gasteiger partial charge in [-0.3, -0.25) is 24.0 Å². The molecule has 152 valence electrons. The average molecular weight is 401 g/mol. The van der Waals surface area contributed by atoms with E-state index >= 15 is 0 Å². The van der Waals surface area contributed by atoms with Crippen LogP contribution in [-0.2, 0) is 24.8 Å². The summed E-state index contributed by atoms with van der Waals surface area (Å²) >= 11 is 0. The summed E-state index contributed by atoms with van der Waals surface area (Å²) in [5.41, 5.74) is 0.523. The predicted octanol–water partition coefficient (Wildman–Crippen LogP) is -1.01. The zero-order valence-electron chi connectivity index (χ0n) is 15.4. The maximum atomic E-state index is 13.3. The Balaban J connectivity index is 1.89. The van der Waals surface area contributed by atoms with E-state index in [0.29, 0.717) is 0 Å². The summed E-state index contributed by atoms with van der Waals surface area (Å²) in [6.45, 7) is 1.38. The normalized spacial score (nSPS) is 38.9. The lowest BCUT2D eigenvalue weighted by Gasteiger charge is -2.52. The Morgan fingerprint density at radius 3 is 2.41 bits per heavy atom. The molecule has 0 saturated heterocycles. The molecule has 1 aromatic carbocycles. The first kappa shape index (κ1) is 19.4. The van der Waals surface area contributed by atoms with E-state index in [4.69, 9.17) is 5.73 Å². The van der Waals surface area contributed by atoms with E-state index in [-0.39, 0.29) is 17.5 Å². The van der Waals surface area contributed by atoms with E-state index in [1.807, 2.05) is 0 Å². The lowest BCUT2D eigenvalue weighted by atomic mass is 9.51. The molecule has 29 heavy (non-hydrogen) atoms. The summed E-state index contributed by atoms with van der Waals surface area (Å²) < 4.78 is 0. The smallest absolute Gasteiger partial charge is 0.235 e. The number of rotatable bonds is 1. The largest absolute Gasteiger partial charge is 0.507 e. The zero-order chi connectivity index (χ0) is 21.5. The van der Waals surface area contributed by atoms with Gasteiger partial charge in [0.1, 0.15) is 5.75 Å². The van der Waals surface area contributed by atoms with Crippen molar-refractivity contribution in [2.45, 2.75) is 31.0 Å². The van der Waals surface area contributed by atoms with Gasteiger partial charge in [-0.25, -0.2) is 0 Å². The highest BCUT2D eigenvalue weighted by atomic mass is 16.3. The number of carbonyl (C=O) groups is 5. The SMILES string of the molecule is CC1(O)c2cccc(O)c2C(=O)C2C(=O)[C@@]3(O)C(=O)C(C(N)=O)C(=O)C[C@H]3C[C@H]21. The van der Waals surface area contributed by atoms with Gasteiger partial charge in [-0.1, -0.05) is 12.1 Å². The monoisotopic (exact) mass is 401 g/mol. The van der Waals surface area contributed by atoms with Crippen molar-refractivity contribution in [2.24, 2.45) is 29.4 Å². The Kier molecular flexibility index (Phi) is 3.88. The first-order valence-corrected chi connectivity index (χ1v) is 9.16. The zero-order valence-corrected chi connectivity index (χ0v) is 15.4. The first-order chi connectivity index (χ1) is 13.4. The highest BCUT2D eigenvalue weighted by Gasteiger charge is 2.68. The maximum absolute atomic E-state index is 13.3. The molecular formula is C20H19NO8. The summed E-state index contributed by atoms with van der Waals surface area (Å²) in [4.78, 5) is 63.0. The number of Topliss-reactive ketones (excluding diaryl/α,β-unsaturated/α-hetero) is 4. The molecule has 0 aliphatic heterocycles. The third-order valence-corrected chi connectivity index (χ3v) is 6.72. The number of phenols is 1. The van der Waals surface area contributed by atoms with Crippen molar-refractivity contribution >= 4 is 29.0 Å². The second-order valence-electron chi connectivity index (χ2n) is 8.23. The Labute approximate surface area is 164 Å². The molecule has 0 spiro atoms. The molecule has 2 saturated carbocycles. The molecule has 1 aromatic rings. The molecule has 0 heterocycles. The van der Waals surface area contributed by atoms with Crippen LogP contribution in [-0.4, -0.2) is 50.0 Å². The fourth-order valence-electron chi connectivity index (χ4n) is 5.23. The average Bonchev–Trinajstić information content (AvgIpc) is 2.62. The minimum absolute atomic E-state index is 0.130. The van der Waals surface area contributed by atoms with E-state index in [2.05, 4.69) is 0 Å². The number of aliphatic hydroxyl groups is 2. The molecule has 0 radical (unpaired) electrons. The molecule has 2 fully saturated rings. The number of phenolic OH excluding ortho intramolecular Hbond substituents is 1. The number of nitrogens with two attached hydrogens (primary N) is 1. The standard InChI is InChI=1S/C20H19NO8/c1-19(28)8-3-2-4-10(22)12(8)15(24)13-9(19)5-7-6-11(23)14(18(21)27)17(26)20(7,29)16(13)25/h2-4,7,9,13-14,22,28-29H,5-6H2,1H3,(H2,21,27)/t7-,9-,13?,14?,19?,20-/m1/s1. The van der Waals surface area contributed by atoms with Crippen molar-refractivity contribution in [3.8, 4) is 5.75 Å². The van der Waals surface area contributed by atoms with Gasteiger partial charge in [0.2, 0.25) is 5.91 Å². The second kappa shape index (κ2) is 5.80. The third-order valence-electron chi connectivity index (χ3n) is 6.72. The van der Waals surface area contributed by atoms with Crippen LogP contribution in [0.5, 0.6) is 5.75 Å². The third kappa shape index (κ3) is 2.25. The van der Waals surface area contributed by atoms with E-state index < -0.39 is 76.1 Å². The van der Waals surface area contributed by atoms with Crippen molar-refractivity contribution < 1.29 is 39.3 Å². The van der Waals surface area contributed by atoms with Gasteiger partial charge < -0.3 is 21.1 Å². The van der Waals surface area contributed by atoms with Gasteiger partial charge in [0, 0.05) is 18.3 Å². The molecule has 0 aromatic heterocycles. The molecule has 3 aliphatic carbocycles. The Hall–Kier alpha value is -2.91. The lowest BCUT2D eigenvalue weighted by molar-refractivity contribution is -0.182. The number of fused-ring (bicyclic) bond motifs is 3. The quantitative estimate of drug-likeness (QED) is 0.433. The number of primary amides is 1. The molecule has 9 nitrogen and oxygen atoms in total. The Morgan fingerprint density at radius 2 is 1.79 bits per heavy atom. The highest BCUT2D eigenvalue weighted by molar-refractivity contribution is 6.31. The summed E-state index contributed by atoms with van der Waals surface area (Å²) in [7, 11) is 0. The van der Waals surface area contributed by atoms with Crippen LogP contribution < -0.4 is 5.73 Å². The molecule has 3 aliphatic rings. The Bertz CT molecular complexity index is 1010. The van der Waals surface area contributed by atoms with Gasteiger partial charge >= 0.3 is 0 Å².